The Hall–Kier alpha value is -4.03. The number of Topliss-reactive ketones (excluding diaryl/α,β-unsaturated/α-hetero) is 1. The van der Waals surface area contributed by atoms with Gasteiger partial charge in [-0.25, -0.2) is 0 Å². The number of anilines is 1. The number of carbonyl (C=O) groups is 2. The smallest absolute Gasteiger partial charge is 0.300 e. The monoisotopic (exact) mass is 486 g/mol. The molecule has 176 valence electrons. The van der Waals surface area contributed by atoms with E-state index < -0.39 is 17.7 Å². The van der Waals surface area contributed by atoms with Crippen molar-refractivity contribution in [1.82, 2.24) is 4.57 Å². The number of hydrogen-bond acceptors (Lipinski definition) is 4. The van der Waals surface area contributed by atoms with Crippen molar-refractivity contribution in [2.24, 2.45) is 7.05 Å². The van der Waals surface area contributed by atoms with Crippen LogP contribution in [0.3, 0.4) is 0 Å². The maximum Gasteiger partial charge on any atom is 0.300 e. The van der Waals surface area contributed by atoms with Crippen molar-refractivity contribution in [3.8, 4) is 5.75 Å². The third kappa shape index (κ3) is 3.67. The Kier molecular flexibility index (Phi) is 5.61. The fraction of sp³-hybridized carbons (Fsp3) is 0.143. The van der Waals surface area contributed by atoms with Crippen LogP contribution in [0.25, 0.3) is 16.7 Å². The molecular weight excluding hydrogens is 464 g/mol. The quantitative estimate of drug-likeness (QED) is 0.225. The van der Waals surface area contributed by atoms with E-state index in [4.69, 9.17) is 16.3 Å². The van der Waals surface area contributed by atoms with E-state index >= 15 is 0 Å². The summed E-state index contributed by atoms with van der Waals surface area (Å²) >= 11 is 6.08. The van der Waals surface area contributed by atoms with Gasteiger partial charge in [0.15, 0.2) is 0 Å². The summed E-state index contributed by atoms with van der Waals surface area (Å²) in [5.74, 6) is -1.03. The number of aryl methyl sites for hydroxylation is 2. The maximum atomic E-state index is 13.4. The summed E-state index contributed by atoms with van der Waals surface area (Å²) in [7, 11) is 3.48. The average Bonchev–Trinajstić information content (AvgIpc) is 3.32. The highest BCUT2D eigenvalue weighted by molar-refractivity contribution is 6.52. The number of ketones is 1. The van der Waals surface area contributed by atoms with Crippen molar-refractivity contribution >= 4 is 45.6 Å². The van der Waals surface area contributed by atoms with E-state index in [2.05, 4.69) is 0 Å². The molecule has 1 aliphatic heterocycles. The predicted molar refractivity (Wildman–Crippen MR) is 137 cm³/mol. The van der Waals surface area contributed by atoms with Gasteiger partial charge in [-0.1, -0.05) is 29.8 Å². The molecule has 1 saturated heterocycles. The van der Waals surface area contributed by atoms with E-state index in [1.807, 2.05) is 49.0 Å². The number of para-hydroxylation sites is 1. The molecule has 7 heteroatoms. The molecule has 1 amide bonds. The van der Waals surface area contributed by atoms with Crippen molar-refractivity contribution in [2.75, 3.05) is 12.0 Å². The van der Waals surface area contributed by atoms with E-state index in [0.29, 0.717) is 22.0 Å². The van der Waals surface area contributed by atoms with E-state index in [-0.39, 0.29) is 11.3 Å². The number of amides is 1. The van der Waals surface area contributed by atoms with Crippen LogP contribution in [0.2, 0.25) is 5.02 Å². The molecule has 0 aliphatic carbocycles. The van der Waals surface area contributed by atoms with Gasteiger partial charge >= 0.3 is 0 Å². The maximum absolute atomic E-state index is 13.4. The summed E-state index contributed by atoms with van der Waals surface area (Å²) in [6, 6.07) is 18.8. The minimum absolute atomic E-state index is 0.0332. The summed E-state index contributed by atoms with van der Waals surface area (Å²) < 4.78 is 7.28. The van der Waals surface area contributed by atoms with Gasteiger partial charge in [0.2, 0.25) is 0 Å². The van der Waals surface area contributed by atoms with Crippen molar-refractivity contribution in [2.45, 2.75) is 13.0 Å². The predicted octanol–water partition coefficient (Wildman–Crippen LogP) is 5.78. The van der Waals surface area contributed by atoms with E-state index in [9.17, 15) is 14.7 Å². The number of benzene rings is 3. The largest absolute Gasteiger partial charge is 0.507 e. The standard InChI is InChI=1S/C28H23ClN2O4/c1-16-14-17(8-13-23(16)35-3)26(32)24-25(21-15-30(2)22-7-5-4-6-20(21)22)31(28(34)27(24)33)19-11-9-18(29)10-12-19/h4-15,25,32H,1-3H3/b26-24+. The number of aromatic nitrogens is 1. The minimum atomic E-state index is -0.829. The number of rotatable bonds is 4. The number of fused-ring (bicyclic) bond motifs is 1. The molecule has 1 unspecified atom stereocenters. The first-order valence-electron chi connectivity index (χ1n) is 11.1. The number of hydrogen-bond donors (Lipinski definition) is 1. The highest BCUT2D eigenvalue weighted by Gasteiger charge is 2.47. The second kappa shape index (κ2) is 8.64. The Bertz CT molecular complexity index is 1520. The van der Waals surface area contributed by atoms with Crippen LogP contribution in [0.5, 0.6) is 5.75 Å². The number of aliphatic hydroxyl groups excluding tert-OH is 1. The summed E-state index contributed by atoms with van der Waals surface area (Å²) in [5.41, 5.74) is 3.46. The number of nitrogens with zero attached hydrogens (tertiary/aromatic N) is 2. The van der Waals surface area contributed by atoms with Crippen molar-refractivity contribution in [3.63, 3.8) is 0 Å². The van der Waals surface area contributed by atoms with Crippen LogP contribution in [0.1, 0.15) is 22.7 Å². The van der Waals surface area contributed by atoms with Crippen molar-refractivity contribution < 1.29 is 19.4 Å². The Morgan fingerprint density at radius 1 is 1.03 bits per heavy atom. The fourth-order valence-electron chi connectivity index (χ4n) is 4.77. The fourth-order valence-corrected chi connectivity index (χ4v) is 4.89. The number of methoxy groups -OCH3 is 1. The van der Waals surface area contributed by atoms with Gasteiger partial charge in [-0.2, -0.15) is 0 Å². The molecule has 0 spiro atoms. The lowest BCUT2D eigenvalue weighted by atomic mass is 9.94. The Labute approximate surface area is 207 Å². The van der Waals surface area contributed by atoms with Crippen molar-refractivity contribution in [3.05, 3.63) is 100 Å². The molecule has 5 rings (SSSR count). The Morgan fingerprint density at radius 2 is 1.74 bits per heavy atom. The van der Waals surface area contributed by atoms with Gasteiger partial charge in [0, 0.05) is 46.0 Å². The van der Waals surface area contributed by atoms with Gasteiger partial charge in [-0.05, 0) is 61.0 Å². The molecule has 0 radical (unpaired) electrons. The van der Waals surface area contributed by atoms with Crippen LogP contribution < -0.4 is 9.64 Å². The first-order chi connectivity index (χ1) is 16.8. The number of carbonyl (C=O) groups excluding carboxylic acids is 2. The summed E-state index contributed by atoms with van der Waals surface area (Å²) in [6.45, 7) is 1.85. The number of aliphatic hydroxyl groups is 1. The SMILES string of the molecule is COc1ccc(/C(O)=C2\C(=O)C(=O)N(c3ccc(Cl)cc3)C2c2cn(C)c3ccccc23)cc1C. The number of ether oxygens (including phenoxy) is 1. The molecule has 35 heavy (non-hydrogen) atoms. The molecule has 0 bridgehead atoms. The molecule has 1 fully saturated rings. The zero-order valence-electron chi connectivity index (χ0n) is 19.4. The zero-order chi connectivity index (χ0) is 24.9. The Morgan fingerprint density at radius 3 is 2.43 bits per heavy atom. The summed E-state index contributed by atoms with van der Waals surface area (Å²) in [6.07, 6.45) is 1.90. The third-order valence-electron chi connectivity index (χ3n) is 6.44. The lowest BCUT2D eigenvalue weighted by Crippen LogP contribution is -2.29. The van der Waals surface area contributed by atoms with E-state index in [1.54, 1.807) is 49.6 Å². The third-order valence-corrected chi connectivity index (χ3v) is 6.69. The second-order valence-electron chi connectivity index (χ2n) is 8.54. The minimum Gasteiger partial charge on any atom is -0.507 e. The van der Waals surface area contributed by atoms with Gasteiger partial charge < -0.3 is 14.4 Å². The van der Waals surface area contributed by atoms with E-state index in [1.165, 1.54) is 4.90 Å². The van der Waals surface area contributed by atoms with Gasteiger partial charge in [-0.3, -0.25) is 14.5 Å². The molecule has 4 aromatic rings. The topological polar surface area (TPSA) is 71.8 Å². The average molecular weight is 487 g/mol. The van der Waals surface area contributed by atoms with Gasteiger partial charge in [0.05, 0.1) is 18.7 Å². The molecule has 0 saturated carbocycles. The summed E-state index contributed by atoms with van der Waals surface area (Å²) in [4.78, 5) is 28.3. The molecule has 3 aromatic carbocycles. The van der Waals surface area contributed by atoms with Crippen LogP contribution in [0.15, 0.2) is 78.5 Å². The normalized spacial score (nSPS) is 17.4. The molecule has 1 atom stereocenters. The molecule has 6 nitrogen and oxygen atoms in total. The molecule has 2 heterocycles. The van der Waals surface area contributed by atoms with Crippen LogP contribution >= 0.6 is 11.6 Å². The Balaban J connectivity index is 1.79. The first-order valence-corrected chi connectivity index (χ1v) is 11.4. The first kappa shape index (κ1) is 22.7. The molecule has 1 aromatic heterocycles. The lowest BCUT2D eigenvalue weighted by Gasteiger charge is -2.25. The van der Waals surface area contributed by atoms with E-state index in [0.717, 1.165) is 22.0 Å². The van der Waals surface area contributed by atoms with Crippen LogP contribution in [-0.2, 0) is 16.6 Å². The molecular formula is C28H23ClN2O4. The van der Waals surface area contributed by atoms with Gasteiger partial charge in [0.1, 0.15) is 11.5 Å². The van der Waals surface area contributed by atoms with Crippen molar-refractivity contribution in [1.29, 1.82) is 0 Å². The van der Waals surface area contributed by atoms with Crippen LogP contribution in [-0.4, -0.2) is 28.5 Å². The molecule has 1 N–H and O–H groups in total. The van der Waals surface area contributed by atoms with Gasteiger partial charge in [-0.15, -0.1) is 0 Å². The summed E-state index contributed by atoms with van der Waals surface area (Å²) in [5, 5.41) is 12.8. The van der Waals surface area contributed by atoms with Crippen LogP contribution in [0.4, 0.5) is 5.69 Å². The van der Waals surface area contributed by atoms with Crippen LogP contribution in [0, 0.1) is 6.92 Å². The zero-order valence-corrected chi connectivity index (χ0v) is 20.2. The molecule has 1 aliphatic rings. The highest BCUT2D eigenvalue weighted by Crippen LogP contribution is 2.45. The van der Waals surface area contributed by atoms with Gasteiger partial charge in [0.25, 0.3) is 11.7 Å². The highest BCUT2D eigenvalue weighted by atomic mass is 35.5. The lowest BCUT2D eigenvalue weighted by molar-refractivity contribution is -0.132. The second-order valence-corrected chi connectivity index (χ2v) is 8.98. The number of halogens is 1.